The van der Waals surface area contributed by atoms with Gasteiger partial charge in [0.15, 0.2) is 0 Å². The minimum absolute atomic E-state index is 0.0542. The van der Waals surface area contributed by atoms with Crippen LogP contribution in [0.3, 0.4) is 0 Å². The highest BCUT2D eigenvalue weighted by Crippen LogP contribution is 1.79. The van der Waals surface area contributed by atoms with Crippen molar-refractivity contribution >= 4 is 17.7 Å². The highest BCUT2D eigenvalue weighted by molar-refractivity contribution is 5.77. The summed E-state index contributed by atoms with van der Waals surface area (Å²) >= 11 is 0. The monoisotopic (exact) mass is 333 g/mol. The van der Waals surface area contributed by atoms with Crippen LogP contribution < -0.4 is 16.0 Å². The summed E-state index contributed by atoms with van der Waals surface area (Å²) in [5.41, 5.74) is 0. The number of carbonyl (C=O) groups excluding carboxylic acids is 3. The number of carbonyl (C=O) groups is 3. The van der Waals surface area contributed by atoms with E-state index in [0.717, 1.165) is 0 Å². The fourth-order valence-electron chi connectivity index (χ4n) is 1.37. The average Bonchev–Trinajstić information content (AvgIpc) is 2.54. The normalized spacial score (nSPS) is 10.2. The second kappa shape index (κ2) is 15.2. The van der Waals surface area contributed by atoms with Crippen LogP contribution >= 0.6 is 0 Å². The van der Waals surface area contributed by atoms with Crippen LogP contribution in [0.4, 0.5) is 0 Å². The number of rotatable bonds is 14. The molecule has 0 radical (unpaired) electrons. The minimum atomic E-state index is -0.278. The van der Waals surface area contributed by atoms with Gasteiger partial charge in [0, 0.05) is 33.2 Å². The quantitative estimate of drug-likeness (QED) is 0.331. The van der Waals surface area contributed by atoms with Crippen LogP contribution in [-0.2, 0) is 28.6 Å². The molecule has 0 unspecified atom stereocenters. The van der Waals surface area contributed by atoms with E-state index in [1.807, 2.05) is 0 Å². The highest BCUT2D eigenvalue weighted by Gasteiger charge is 2.03. The highest BCUT2D eigenvalue weighted by atomic mass is 16.5. The summed E-state index contributed by atoms with van der Waals surface area (Å²) in [6.45, 7) is 3.67. The first kappa shape index (κ1) is 21.3. The van der Waals surface area contributed by atoms with Crippen molar-refractivity contribution in [2.24, 2.45) is 0 Å². The number of nitrogens with one attached hydrogen (secondary N) is 3. The minimum Gasteiger partial charge on any atom is -0.383 e. The van der Waals surface area contributed by atoms with Crippen molar-refractivity contribution in [3.63, 3.8) is 0 Å². The van der Waals surface area contributed by atoms with E-state index >= 15 is 0 Å². The molecule has 0 aliphatic carbocycles. The predicted octanol–water partition coefficient (Wildman–Crippen LogP) is -1.58. The summed E-state index contributed by atoms with van der Waals surface area (Å²) in [5.74, 6) is -0.563. The van der Waals surface area contributed by atoms with E-state index in [-0.39, 0.29) is 44.1 Å². The molecule has 9 heteroatoms. The molecule has 0 aromatic rings. The summed E-state index contributed by atoms with van der Waals surface area (Å²) in [4.78, 5) is 33.6. The Morgan fingerprint density at radius 2 is 1.17 bits per heavy atom. The van der Waals surface area contributed by atoms with Crippen molar-refractivity contribution in [1.29, 1.82) is 0 Å². The topological polar surface area (TPSA) is 115 Å². The van der Waals surface area contributed by atoms with E-state index < -0.39 is 0 Å². The largest absolute Gasteiger partial charge is 0.383 e. The second-order valence-corrected chi connectivity index (χ2v) is 4.50. The molecule has 0 aliphatic rings. The van der Waals surface area contributed by atoms with Gasteiger partial charge in [-0.05, 0) is 0 Å². The van der Waals surface area contributed by atoms with Gasteiger partial charge < -0.3 is 30.2 Å². The Hall–Kier alpha value is -1.71. The third kappa shape index (κ3) is 15.0. The molecular formula is C14H27N3O6. The number of hydrogen-bond donors (Lipinski definition) is 3. The number of amides is 3. The maximum Gasteiger partial charge on any atom is 0.246 e. The van der Waals surface area contributed by atoms with Gasteiger partial charge >= 0.3 is 0 Å². The average molecular weight is 333 g/mol. The van der Waals surface area contributed by atoms with E-state index in [0.29, 0.717) is 32.7 Å². The molecular weight excluding hydrogens is 306 g/mol. The molecule has 0 saturated carbocycles. The standard InChI is InChI=1S/C14H27N3O6/c1-3-12(18)15-5-8-22-11-14(20)17-6-9-23-10-13(19)16-4-7-21-2/h3-11H2,1-2H3,(H,15,18)(H,16,19)(H,17,20). The lowest BCUT2D eigenvalue weighted by molar-refractivity contribution is -0.126. The zero-order valence-corrected chi connectivity index (χ0v) is 13.8. The summed E-state index contributed by atoms with van der Waals surface area (Å²) in [6, 6.07) is 0. The molecule has 0 atom stereocenters. The van der Waals surface area contributed by atoms with Gasteiger partial charge in [0.1, 0.15) is 13.2 Å². The van der Waals surface area contributed by atoms with Gasteiger partial charge in [-0.3, -0.25) is 14.4 Å². The van der Waals surface area contributed by atoms with Crippen LogP contribution in [0.1, 0.15) is 13.3 Å². The Morgan fingerprint density at radius 1 is 0.739 bits per heavy atom. The van der Waals surface area contributed by atoms with Crippen molar-refractivity contribution in [1.82, 2.24) is 16.0 Å². The lowest BCUT2D eigenvalue weighted by atomic mass is 10.4. The van der Waals surface area contributed by atoms with Crippen LogP contribution in [0.2, 0.25) is 0 Å². The van der Waals surface area contributed by atoms with E-state index in [9.17, 15) is 14.4 Å². The van der Waals surface area contributed by atoms with Gasteiger partial charge in [0.05, 0.1) is 19.8 Å². The first-order valence-electron chi connectivity index (χ1n) is 7.54. The van der Waals surface area contributed by atoms with Crippen molar-refractivity contribution in [3.05, 3.63) is 0 Å². The molecule has 23 heavy (non-hydrogen) atoms. The number of hydrogen-bond acceptors (Lipinski definition) is 6. The van der Waals surface area contributed by atoms with Crippen LogP contribution in [0.5, 0.6) is 0 Å². The molecule has 9 nitrogen and oxygen atoms in total. The molecule has 0 aliphatic heterocycles. The molecule has 0 bridgehead atoms. The summed E-state index contributed by atoms with van der Waals surface area (Å²) in [5, 5.41) is 7.83. The van der Waals surface area contributed by atoms with Crippen LogP contribution in [0, 0.1) is 0 Å². The predicted molar refractivity (Wildman–Crippen MR) is 82.8 cm³/mol. The molecule has 0 saturated heterocycles. The SMILES string of the molecule is CCC(=O)NCCOCC(=O)NCCOCC(=O)NCCOC. The Balaban J connectivity index is 3.36. The maximum absolute atomic E-state index is 11.4. The Labute approximate surface area is 136 Å². The van der Waals surface area contributed by atoms with E-state index in [1.165, 1.54) is 0 Å². The van der Waals surface area contributed by atoms with Crippen LogP contribution in [-0.4, -0.2) is 77.5 Å². The maximum atomic E-state index is 11.4. The van der Waals surface area contributed by atoms with Gasteiger partial charge in [0.2, 0.25) is 17.7 Å². The van der Waals surface area contributed by atoms with E-state index in [4.69, 9.17) is 14.2 Å². The molecule has 3 amide bonds. The Morgan fingerprint density at radius 3 is 1.61 bits per heavy atom. The Bertz CT molecular complexity index is 351. The summed E-state index contributed by atoms with van der Waals surface area (Å²) in [7, 11) is 1.55. The van der Waals surface area contributed by atoms with Gasteiger partial charge in [-0.2, -0.15) is 0 Å². The van der Waals surface area contributed by atoms with Crippen molar-refractivity contribution in [3.8, 4) is 0 Å². The lowest BCUT2D eigenvalue weighted by Gasteiger charge is -2.08. The molecule has 0 fully saturated rings. The Kier molecular flexibility index (Phi) is 14.1. The summed E-state index contributed by atoms with van der Waals surface area (Å²) in [6.07, 6.45) is 0.422. The van der Waals surface area contributed by atoms with Crippen molar-refractivity contribution < 1.29 is 28.6 Å². The second-order valence-electron chi connectivity index (χ2n) is 4.50. The molecule has 3 N–H and O–H groups in total. The summed E-state index contributed by atoms with van der Waals surface area (Å²) < 4.78 is 15.0. The molecule has 0 spiro atoms. The van der Waals surface area contributed by atoms with Crippen molar-refractivity contribution in [2.45, 2.75) is 13.3 Å². The first-order chi connectivity index (χ1) is 11.1. The lowest BCUT2D eigenvalue weighted by Crippen LogP contribution is -2.34. The molecule has 0 aromatic carbocycles. The van der Waals surface area contributed by atoms with E-state index in [2.05, 4.69) is 16.0 Å². The zero-order valence-electron chi connectivity index (χ0n) is 13.8. The molecule has 0 rings (SSSR count). The van der Waals surface area contributed by atoms with Gasteiger partial charge in [-0.1, -0.05) is 6.92 Å². The molecule has 134 valence electrons. The van der Waals surface area contributed by atoms with Gasteiger partial charge in [0.25, 0.3) is 0 Å². The third-order valence-corrected chi connectivity index (χ3v) is 2.55. The number of ether oxygens (including phenoxy) is 3. The van der Waals surface area contributed by atoms with Gasteiger partial charge in [-0.25, -0.2) is 0 Å². The zero-order chi connectivity index (χ0) is 17.3. The van der Waals surface area contributed by atoms with E-state index in [1.54, 1.807) is 14.0 Å². The number of methoxy groups -OCH3 is 1. The fourth-order valence-corrected chi connectivity index (χ4v) is 1.37. The van der Waals surface area contributed by atoms with Crippen LogP contribution in [0.25, 0.3) is 0 Å². The third-order valence-electron chi connectivity index (χ3n) is 2.55. The van der Waals surface area contributed by atoms with Crippen molar-refractivity contribution in [2.75, 3.05) is 59.8 Å². The fraction of sp³-hybridized carbons (Fsp3) is 0.786. The molecule has 0 aromatic heterocycles. The first-order valence-corrected chi connectivity index (χ1v) is 7.54. The van der Waals surface area contributed by atoms with Gasteiger partial charge in [-0.15, -0.1) is 0 Å². The smallest absolute Gasteiger partial charge is 0.246 e. The molecule has 0 heterocycles. The van der Waals surface area contributed by atoms with Crippen LogP contribution in [0.15, 0.2) is 0 Å².